The fourth-order valence-electron chi connectivity index (χ4n) is 11.0. The molecule has 1 saturated heterocycles. The fourth-order valence-corrected chi connectivity index (χ4v) is 11.0. The van der Waals surface area contributed by atoms with E-state index in [9.17, 15) is 15.3 Å². The fraction of sp³-hybridized carbons (Fsp3) is 1.00. The van der Waals surface area contributed by atoms with Crippen LogP contribution in [-0.2, 0) is 18.9 Å². The lowest BCUT2D eigenvalue weighted by atomic mass is 9.42. The van der Waals surface area contributed by atoms with E-state index in [-0.39, 0.29) is 53.4 Å². The highest BCUT2D eigenvalue weighted by molar-refractivity contribution is 5.41. The van der Waals surface area contributed by atoms with Gasteiger partial charge in [-0.3, -0.25) is 4.90 Å². The number of fused-ring (bicyclic) bond motifs is 2. The summed E-state index contributed by atoms with van der Waals surface area (Å²) in [4.78, 5) is 2.33. The van der Waals surface area contributed by atoms with Crippen molar-refractivity contribution in [2.24, 2.45) is 34.5 Å². The molecule has 0 unspecified atom stereocenters. The smallest absolute Gasteiger partial charge is 0.136 e. The van der Waals surface area contributed by atoms with Crippen LogP contribution in [0.25, 0.3) is 0 Å². The van der Waals surface area contributed by atoms with E-state index in [1.165, 1.54) is 0 Å². The second-order valence-corrected chi connectivity index (χ2v) is 11.9. The van der Waals surface area contributed by atoms with Crippen molar-refractivity contribution in [3.8, 4) is 0 Å². The Kier molecular flexibility index (Phi) is 4.99. The number of hydrogen-bond donors (Lipinski definition) is 3. The van der Waals surface area contributed by atoms with Gasteiger partial charge in [0.25, 0.3) is 0 Å². The lowest BCUT2D eigenvalue weighted by Crippen LogP contribution is -2.82. The molecule has 1 spiro atoms. The number of hydrogen-bond acceptors (Lipinski definition) is 8. The molecule has 0 radical (unpaired) electrons. The van der Waals surface area contributed by atoms with E-state index < -0.39 is 22.7 Å². The van der Waals surface area contributed by atoms with Crippen LogP contribution in [0.2, 0.25) is 0 Å². The summed E-state index contributed by atoms with van der Waals surface area (Å²) in [5, 5.41) is 37.5. The van der Waals surface area contributed by atoms with E-state index in [4.69, 9.17) is 18.9 Å². The Morgan fingerprint density at radius 2 is 1.82 bits per heavy atom. The van der Waals surface area contributed by atoms with Crippen molar-refractivity contribution in [3.05, 3.63) is 0 Å². The van der Waals surface area contributed by atoms with Gasteiger partial charge in [-0.1, -0.05) is 6.92 Å². The molecule has 0 aromatic heterocycles. The van der Waals surface area contributed by atoms with E-state index in [0.717, 1.165) is 32.4 Å². The van der Waals surface area contributed by atoms with Gasteiger partial charge in [0.15, 0.2) is 0 Å². The van der Waals surface area contributed by atoms with Crippen molar-refractivity contribution in [2.45, 2.75) is 74.3 Å². The third-order valence-corrected chi connectivity index (χ3v) is 11.5. The number of likely N-dealkylation sites (tertiary alicyclic amines) is 1. The number of aliphatic hydroxyl groups is 3. The van der Waals surface area contributed by atoms with E-state index in [1.807, 2.05) is 0 Å². The van der Waals surface area contributed by atoms with Crippen LogP contribution < -0.4 is 0 Å². The lowest BCUT2D eigenvalue weighted by Gasteiger charge is -2.70. The second kappa shape index (κ2) is 7.13. The molecule has 188 valence electrons. The average molecular weight is 468 g/mol. The highest BCUT2D eigenvalue weighted by Gasteiger charge is 2.91. The molecule has 5 saturated carbocycles. The largest absolute Gasteiger partial charge is 0.390 e. The first-order valence-corrected chi connectivity index (χ1v) is 12.7. The highest BCUT2D eigenvalue weighted by Crippen LogP contribution is 2.80. The van der Waals surface area contributed by atoms with Crippen molar-refractivity contribution in [1.82, 2.24) is 4.90 Å². The monoisotopic (exact) mass is 467 g/mol. The molecule has 7 bridgehead atoms. The van der Waals surface area contributed by atoms with Crippen molar-refractivity contribution >= 4 is 0 Å². The van der Waals surface area contributed by atoms with Crippen LogP contribution in [0.1, 0.15) is 32.6 Å². The molecule has 33 heavy (non-hydrogen) atoms. The summed E-state index contributed by atoms with van der Waals surface area (Å²) in [7, 11) is 6.88. The molecule has 6 rings (SSSR count). The summed E-state index contributed by atoms with van der Waals surface area (Å²) >= 11 is 0. The van der Waals surface area contributed by atoms with Crippen molar-refractivity contribution in [1.29, 1.82) is 0 Å². The highest BCUT2D eigenvalue weighted by atomic mass is 16.5. The number of ether oxygens (including phenoxy) is 4. The normalized spacial score (nSPS) is 60.9. The molecule has 5 aliphatic carbocycles. The predicted molar refractivity (Wildman–Crippen MR) is 119 cm³/mol. The summed E-state index contributed by atoms with van der Waals surface area (Å²) in [5.41, 5.74) is -3.99. The number of likely N-dealkylation sites (N-methyl/N-ethyl adjacent to an activating group) is 1. The van der Waals surface area contributed by atoms with Crippen LogP contribution in [0.4, 0.5) is 0 Å². The van der Waals surface area contributed by atoms with Gasteiger partial charge in [0.2, 0.25) is 0 Å². The van der Waals surface area contributed by atoms with E-state index in [1.54, 1.807) is 28.4 Å². The quantitative estimate of drug-likeness (QED) is 0.512. The van der Waals surface area contributed by atoms with Gasteiger partial charge >= 0.3 is 0 Å². The van der Waals surface area contributed by atoms with Crippen LogP contribution in [0.5, 0.6) is 0 Å². The molecule has 1 aliphatic heterocycles. The number of methoxy groups -OCH3 is 4. The molecular formula is C25H41NO7. The molecule has 6 fully saturated rings. The van der Waals surface area contributed by atoms with E-state index in [2.05, 4.69) is 11.8 Å². The van der Waals surface area contributed by atoms with Crippen molar-refractivity contribution in [3.63, 3.8) is 0 Å². The SMILES string of the molecule is CCN1C[C@]2(COC)CC[C@H](OC)[C@@]34[C@@H]5C[C@H]6[C@H](OC)[C@@H]5[C@](O)(C[C@@H]6OC)[C@@](O)([C@@H](O)[C@H]23)[C@@H]14. The Labute approximate surface area is 196 Å². The Hall–Kier alpha value is -0.320. The molecule has 6 aliphatic rings. The predicted octanol–water partition coefficient (Wildman–Crippen LogP) is 0.271. The molecule has 13 atom stereocenters. The molecule has 8 nitrogen and oxygen atoms in total. The zero-order chi connectivity index (χ0) is 23.6. The van der Waals surface area contributed by atoms with Gasteiger partial charge in [-0.2, -0.15) is 0 Å². The van der Waals surface area contributed by atoms with Gasteiger partial charge in [-0.25, -0.2) is 0 Å². The van der Waals surface area contributed by atoms with Gasteiger partial charge in [0.05, 0.1) is 37.1 Å². The third-order valence-electron chi connectivity index (χ3n) is 11.5. The van der Waals surface area contributed by atoms with Gasteiger partial charge in [0, 0.05) is 70.0 Å². The molecule has 3 N–H and O–H groups in total. The molecule has 0 aromatic carbocycles. The van der Waals surface area contributed by atoms with E-state index in [0.29, 0.717) is 13.0 Å². The summed E-state index contributed by atoms with van der Waals surface area (Å²) < 4.78 is 24.0. The first-order chi connectivity index (χ1) is 15.8. The maximum atomic E-state index is 12.8. The van der Waals surface area contributed by atoms with Gasteiger partial charge in [-0.05, 0) is 31.7 Å². The Bertz CT molecular complexity index is 814. The van der Waals surface area contributed by atoms with Crippen LogP contribution in [-0.4, -0.2) is 110 Å². The Morgan fingerprint density at radius 3 is 2.42 bits per heavy atom. The summed E-state index contributed by atoms with van der Waals surface area (Å²) in [6.45, 7) is 4.12. The number of piperidine rings is 1. The van der Waals surface area contributed by atoms with Crippen molar-refractivity contribution < 1.29 is 34.3 Å². The van der Waals surface area contributed by atoms with Crippen LogP contribution in [0.15, 0.2) is 0 Å². The van der Waals surface area contributed by atoms with Crippen LogP contribution >= 0.6 is 0 Å². The minimum absolute atomic E-state index is 0.0563. The van der Waals surface area contributed by atoms with Crippen LogP contribution in [0.3, 0.4) is 0 Å². The Morgan fingerprint density at radius 1 is 1.06 bits per heavy atom. The van der Waals surface area contributed by atoms with Gasteiger partial charge in [0.1, 0.15) is 11.2 Å². The first-order valence-electron chi connectivity index (χ1n) is 12.7. The summed E-state index contributed by atoms with van der Waals surface area (Å²) in [6, 6.07) is -0.386. The lowest BCUT2D eigenvalue weighted by molar-refractivity contribution is -0.319. The summed E-state index contributed by atoms with van der Waals surface area (Å²) in [6.07, 6.45) is 1.27. The standard InChI is InChI=1S/C25H41NO7/c1-6-26-11-22(12-30-2)8-7-16(32-4)24-14-9-13-15(31-3)10-23(28,17(14)18(13)33-5)25(29,21(24)26)20(27)19(22)24/h13-21,27-29H,6-12H2,1-5H3/t13-,14-,15+,16+,17-,18+,19-,20+,21+,22+,23-,24+,25-/m1/s1. The topological polar surface area (TPSA) is 101 Å². The third kappa shape index (κ3) is 2.20. The second-order valence-electron chi connectivity index (χ2n) is 11.9. The minimum atomic E-state index is -1.70. The van der Waals surface area contributed by atoms with Gasteiger partial charge < -0.3 is 34.3 Å². The maximum Gasteiger partial charge on any atom is 0.136 e. The zero-order valence-electron chi connectivity index (χ0n) is 20.6. The maximum absolute atomic E-state index is 12.8. The minimum Gasteiger partial charge on any atom is -0.390 e. The van der Waals surface area contributed by atoms with Gasteiger partial charge in [-0.15, -0.1) is 0 Å². The average Bonchev–Trinajstić information content (AvgIpc) is 3.21. The van der Waals surface area contributed by atoms with Crippen molar-refractivity contribution in [2.75, 3.05) is 48.1 Å². The number of rotatable bonds is 6. The first kappa shape index (κ1) is 23.1. The number of aliphatic hydroxyl groups excluding tert-OH is 1. The zero-order valence-corrected chi connectivity index (χ0v) is 20.6. The molecule has 8 heteroatoms. The molecule has 0 aromatic rings. The Balaban J connectivity index is 1.66. The number of nitrogens with zero attached hydrogens (tertiary/aromatic N) is 1. The molecular weight excluding hydrogens is 426 g/mol. The van der Waals surface area contributed by atoms with Crippen LogP contribution in [0, 0.1) is 34.5 Å². The summed E-state index contributed by atoms with van der Waals surface area (Å²) in [5.74, 6) is -0.274. The molecule has 1 heterocycles. The van der Waals surface area contributed by atoms with E-state index >= 15 is 0 Å². The molecule has 0 amide bonds.